The predicted molar refractivity (Wildman–Crippen MR) is 49.9 cm³/mol. The highest BCUT2D eigenvalue weighted by molar-refractivity contribution is 7.88. The Kier molecular flexibility index (Phi) is 1.86. The molecule has 2 N–H and O–H groups in total. The van der Waals surface area contributed by atoms with Crippen molar-refractivity contribution in [3.8, 4) is 0 Å². The highest BCUT2D eigenvalue weighted by Gasteiger charge is 2.10. The number of fused-ring (bicyclic) bond motifs is 1. The molecule has 70 valence electrons. The third-order valence-electron chi connectivity index (χ3n) is 1.57. The lowest BCUT2D eigenvalue weighted by molar-refractivity contribution is 0.596. The molecule has 2 rings (SSSR count). The summed E-state index contributed by atoms with van der Waals surface area (Å²) >= 11 is 1.39. The molecule has 0 aliphatic heterocycles. The summed E-state index contributed by atoms with van der Waals surface area (Å²) in [5, 5.41) is 6.67. The second kappa shape index (κ2) is 2.79. The molecular weight excluding hydrogens is 210 g/mol. The van der Waals surface area contributed by atoms with Crippen LogP contribution < -0.4 is 5.14 Å². The Labute approximate surface area is 78.9 Å². The number of hydrogen-bond acceptors (Lipinski definition) is 4. The SMILES string of the molecule is NS(=O)(=O)Cc1csc2nccn12. The standard InChI is InChI=1S/C6H7N3O2S2/c7-13(10,11)4-5-3-12-6-8-1-2-9(5)6/h1-3H,4H2,(H2,7,10,11). The van der Waals surface area contributed by atoms with Crippen LogP contribution in [0.2, 0.25) is 0 Å². The van der Waals surface area contributed by atoms with Crippen molar-refractivity contribution in [2.24, 2.45) is 5.14 Å². The van der Waals surface area contributed by atoms with Gasteiger partial charge < -0.3 is 0 Å². The number of sulfonamides is 1. The fourth-order valence-corrected chi connectivity index (χ4v) is 2.67. The molecule has 0 unspecified atom stereocenters. The number of imidazole rings is 1. The zero-order valence-corrected chi connectivity index (χ0v) is 8.18. The van der Waals surface area contributed by atoms with Crippen LogP contribution in [0, 0.1) is 0 Å². The molecule has 0 spiro atoms. The topological polar surface area (TPSA) is 77.5 Å². The van der Waals surface area contributed by atoms with E-state index in [2.05, 4.69) is 4.98 Å². The van der Waals surface area contributed by atoms with E-state index in [4.69, 9.17) is 5.14 Å². The molecule has 0 aliphatic rings. The van der Waals surface area contributed by atoms with Crippen LogP contribution in [-0.4, -0.2) is 17.8 Å². The van der Waals surface area contributed by atoms with E-state index in [0.717, 1.165) is 4.96 Å². The van der Waals surface area contributed by atoms with E-state index in [-0.39, 0.29) is 5.75 Å². The molecule has 0 fully saturated rings. The molecule has 0 saturated heterocycles. The Morgan fingerprint density at radius 3 is 3.08 bits per heavy atom. The summed E-state index contributed by atoms with van der Waals surface area (Å²) in [4.78, 5) is 4.79. The molecule has 2 aromatic rings. The Balaban J connectivity index is 2.50. The lowest BCUT2D eigenvalue weighted by Gasteiger charge is -1.95. The second-order valence-corrected chi connectivity index (χ2v) is 5.07. The number of primary sulfonamides is 1. The van der Waals surface area contributed by atoms with E-state index < -0.39 is 10.0 Å². The quantitative estimate of drug-likeness (QED) is 0.779. The van der Waals surface area contributed by atoms with Gasteiger partial charge in [-0.3, -0.25) is 4.40 Å². The molecular formula is C6H7N3O2S2. The summed E-state index contributed by atoms with van der Waals surface area (Å²) in [5.41, 5.74) is 0.653. The van der Waals surface area contributed by atoms with Gasteiger partial charge in [0.1, 0.15) is 5.75 Å². The Bertz CT molecular complexity index is 525. The first kappa shape index (κ1) is 8.67. The van der Waals surface area contributed by atoms with Crippen molar-refractivity contribution in [2.75, 3.05) is 0 Å². The van der Waals surface area contributed by atoms with Crippen LogP contribution in [0.25, 0.3) is 4.96 Å². The van der Waals surface area contributed by atoms with Crippen LogP contribution in [0.15, 0.2) is 17.8 Å². The molecule has 13 heavy (non-hydrogen) atoms. The van der Waals surface area contributed by atoms with Gasteiger partial charge >= 0.3 is 0 Å². The smallest absolute Gasteiger partial charge is 0.214 e. The highest BCUT2D eigenvalue weighted by atomic mass is 32.2. The maximum Gasteiger partial charge on any atom is 0.214 e. The Morgan fingerprint density at radius 2 is 2.38 bits per heavy atom. The summed E-state index contributed by atoms with van der Waals surface area (Å²) in [5.74, 6) is -0.149. The first-order chi connectivity index (χ1) is 6.06. The predicted octanol–water partition coefficient (Wildman–Crippen LogP) is 0.184. The van der Waals surface area contributed by atoms with Crippen LogP contribution in [0.1, 0.15) is 5.69 Å². The third-order valence-corrected chi connectivity index (χ3v) is 3.17. The van der Waals surface area contributed by atoms with Gasteiger partial charge in [0.2, 0.25) is 10.0 Å². The molecule has 2 heterocycles. The molecule has 7 heteroatoms. The third kappa shape index (κ3) is 1.71. The Hall–Kier alpha value is -0.920. The van der Waals surface area contributed by atoms with Crippen LogP contribution in [0.5, 0.6) is 0 Å². The fraction of sp³-hybridized carbons (Fsp3) is 0.167. The van der Waals surface area contributed by atoms with Crippen molar-refractivity contribution in [1.29, 1.82) is 0 Å². The molecule has 5 nitrogen and oxygen atoms in total. The zero-order chi connectivity index (χ0) is 9.47. The van der Waals surface area contributed by atoms with Gasteiger partial charge in [-0.25, -0.2) is 18.5 Å². The van der Waals surface area contributed by atoms with Crippen molar-refractivity contribution in [3.05, 3.63) is 23.5 Å². The van der Waals surface area contributed by atoms with Crippen molar-refractivity contribution in [1.82, 2.24) is 9.38 Å². The lowest BCUT2D eigenvalue weighted by atomic mass is 10.6. The molecule has 0 aromatic carbocycles. The van der Waals surface area contributed by atoms with Crippen LogP contribution in [0.3, 0.4) is 0 Å². The summed E-state index contributed by atoms with van der Waals surface area (Å²) in [6, 6.07) is 0. The van der Waals surface area contributed by atoms with Gasteiger partial charge in [-0.05, 0) is 0 Å². The average Bonchev–Trinajstić information content (AvgIpc) is 2.50. The first-order valence-corrected chi connectivity index (χ1v) is 6.06. The minimum absolute atomic E-state index is 0.149. The Morgan fingerprint density at radius 1 is 1.62 bits per heavy atom. The number of nitrogens with two attached hydrogens (primary N) is 1. The van der Waals surface area contributed by atoms with E-state index in [1.807, 2.05) is 0 Å². The maximum atomic E-state index is 10.8. The molecule has 2 aromatic heterocycles. The average molecular weight is 217 g/mol. The summed E-state index contributed by atoms with van der Waals surface area (Å²) in [6.07, 6.45) is 3.34. The molecule has 0 aliphatic carbocycles. The van der Waals surface area contributed by atoms with Gasteiger partial charge in [-0.2, -0.15) is 0 Å². The summed E-state index contributed by atoms with van der Waals surface area (Å²) in [7, 11) is -3.46. The van der Waals surface area contributed by atoms with Gasteiger partial charge in [0.25, 0.3) is 0 Å². The number of thiazole rings is 1. The van der Waals surface area contributed by atoms with E-state index in [0.29, 0.717) is 5.69 Å². The monoisotopic (exact) mass is 217 g/mol. The van der Waals surface area contributed by atoms with Gasteiger partial charge in [0, 0.05) is 17.8 Å². The van der Waals surface area contributed by atoms with Gasteiger partial charge in [0.05, 0.1) is 5.69 Å². The first-order valence-electron chi connectivity index (χ1n) is 3.46. The summed E-state index contributed by atoms with van der Waals surface area (Å²) < 4.78 is 23.3. The normalized spacial score (nSPS) is 12.4. The van der Waals surface area contributed by atoms with Crippen LogP contribution in [0.4, 0.5) is 0 Å². The number of aromatic nitrogens is 2. The number of nitrogens with zero attached hydrogens (tertiary/aromatic N) is 2. The van der Waals surface area contributed by atoms with Gasteiger partial charge in [-0.15, -0.1) is 11.3 Å². The minimum Gasteiger partial charge on any atom is -0.294 e. The molecule has 0 atom stereocenters. The fourth-order valence-electron chi connectivity index (χ4n) is 1.08. The minimum atomic E-state index is -3.46. The number of rotatable bonds is 2. The van der Waals surface area contributed by atoms with Crippen molar-refractivity contribution in [2.45, 2.75) is 5.75 Å². The van der Waals surface area contributed by atoms with Gasteiger partial charge in [0.15, 0.2) is 4.96 Å². The van der Waals surface area contributed by atoms with Crippen LogP contribution >= 0.6 is 11.3 Å². The van der Waals surface area contributed by atoms with Crippen molar-refractivity contribution in [3.63, 3.8) is 0 Å². The zero-order valence-electron chi connectivity index (χ0n) is 6.54. The highest BCUT2D eigenvalue weighted by Crippen LogP contribution is 2.15. The largest absolute Gasteiger partial charge is 0.294 e. The van der Waals surface area contributed by atoms with Crippen molar-refractivity contribution >= 4 is 26.3 Å². The summed E-state index contributed by atoms with van der Waals surface area (Å²) in [6.45, 7) is 0. The van der Waals surface area contributed by atoms with Crippen molar-refractivity contribution < 1.29 is 8.42 Å². The number of hydrogen-bond donors (Lipinski definition) is 1. The molecule has 0 bridgehead atoms. The van der Waals surface area contributed by atoms with E-state index >= 15 is 0 Å². The van der Waals surface area contributed by atoms with Crippen LogP contribution in [-0.2, 0) is 15.8 Å². The van der Waals surface area contributed by atoms with E-state index in [1.54, 1.807) is 22.2 Å². The van der Waals surface area contributed by atoms with Gasteiger partial charge in [-0.1, -0.05) is 0 Å². The lowest BCUT2D eigenvalue weighted by Crippen LogP contribution is -2.15. The van der Waals surface area contributed by atoms with E-state index in [9.17, 15) is 8.42 Å². The maximum absolute atomic E-state index is 10.8. The molecule has 0 amide bonds. The molecule has 0 radical (unpaired) electrons. The van der Waals surface area contributed by atoms with E-state index in [1.165, 1.54) is 11.3 Å². The second-order valence-electron chi connectivity index (χ2n) is 2.61. The molecule has 0 saturated carbocycles.